The van der Waals surface area contributed by atoms with Crippen LogP contribution in [0.3, 0.4) is 0 Å². The van der Waals surface area contributed by atoms with Gasteiger partial charge in [0.1, 0.15) is 42.1 Å². The first kappa shape index (κ1) is 29.7. The van der Waals surface area contributed by atoms with E-state index < -0.39 is 17.8 Å². The molecule has 1 aromatic heterocycles. The largest absolute Gasteiger partial charge is 0.489 e. The van der Waals surface area contributed by atoms with E-state index in [4.69, 9.17) is 14.6 Å². The molecule has 2 heterocycles. The number of rotatable bonds is 9. The summed E-state index contributed by atoms with van der Waals surface area (Å²) in [5.74, 6) is -1.81. The molecule has 0 bridgehead atoms. The fraction of sp³-hybridized carbons (Fsp3) is 0.147. The van der Waals surface area contributed by atoms with E-state index in [-0.39, 0.29) is 42.3 Å². The van der Waals surface area contributed by atoms with Crippen LogP contribution in [0.25, 0.3) is 23.0 Å². The maximum atomic E-state index is 14.2. The highest BCUT2D eigenvalue weighted by atomic mass is 19.1. The van der Waals surface area contributed by atoms with Crippen molar-refractivity contribution in [2.45, 2.75) is 20.5 Å². The Morgan fingerprint density at radius 1 is 1.02 bits per heavy atom. The number of para-hydroxylation sites is 1. The van der Waals surface area contributed by atoms with E-state index in [0.717, 1.165) is 10.6 Å². The molecule has 0 spiro atoms. The van der Waals surface area contributed by atoms with Crippen molar-refractivity contribution in [3.8, 4) is 28.8 Å². The van der Waals surface area contributed by atoms with E-state index in [1.165, 1.54) is 13.0 Å². The number of halogens is 1. The number of nitrogens with zero attached hydrogens (tertiary/aromatic N) is 4. The maximum absolute atomic E-state index is 14.2. The lowest BCUT2D eigenvalue weighted by Crippen LogP contribution is -2.44. The number of amides is 2. The van der Waals surface area contributed by atoms with Crippen molar-refractivity contribution in [2.75, 3.05) is 13.2 Å². The van der Waals surface area contributed by atoms with E-state index in [1.54, 1.807) is 60.3 Å². The third-order valence-electron chi connectivity index (χ3n) is 6.97. The Hall–Kier alpha value is -5.82. The van der Waals surface area contributed by atoms with Crippen molar-refractivity contribution in [3.05, 3.63) is 119 Å². The molecule has 0 N–H and O–H groups in total. The third-order valence-corrected chi connectivity index (χ3v) is 6.97. The summed E-state index contributed by atoms with van der Waals surface area (Å²) in [6.07, 6.45) is 3.34. The second-order valence-corrected chi connectivity index (χ2v) is 9.89. The van der Waals surface area contributed by atoms with Crippen molar-refractivity contribution < 1.29 is 28.2 Å². The molecule has 3 aromatic carbocycles. The fourth-order valence-corrected chi connectivity index (χ4v) is 4.71. The molecule has 220 valence electrons. The molecule has 1 aliphatic rings. The van der Waals surface area contributed by atoms with E-state index in [0.29, 0.717) is 28.1 Å². The Bertz CT molecular complexity index is 1850. The van der Waals surface area contributed by atoms with Crippen molar-refractivity contribution >= 4 is 23.9 Å². The SMILES string of the molecule is CC(=O)OCCN1C(=O)C(C#N)=C(C)/C(=C\c2cn(-c3ccccc3)nc2-c2cccc(OCc3ccccc3F)c2)C1=O. The van der Waals surface area contributed by atoms with Crippen LogP contribution >= 0.6 is 0 Å². The Kier molecular flexibility index (Phi) is 8.77. The minimum absolute atomic E-state index is 0.0259. The van der Waals surface area contributed by atoms with Gasteiger partial charge in [-0.2, -0.15) is 10.4 Å². The molecule has 9 nitrogen and oxygen atoms in total. The number of nitriles is 1. The Labute approximate surface area is 253 Å². The first-order chi connectivity index (χ1) is 21.3. The molecule has 0 aliphatic carbocycles. The molecule has 44 heavy (non-hydrogen) atoms. The molecular weight excluding hydrogens is 563 g/mol. The Morgan fingerprint density at radius 3 is 2.50 bits per heavy atom. The van der Waals surface area contributed by atoms with Crippen LogP contribution < -0.4 is 4.74 Å². The molecule has 0 radical (unpaired) electrons. The third kappa shape index (κ3) is 6.32. The van der Waals surface area contributed by atoms with Crippen LogP contribution in [0, 0.1) is 17.1 Å². The predicted molar refractivity (Wildman–Crippen MR) is 159 cm³/mol. The van der Waals surface area contributed by atoms with Crippen LogP contribution in [0.1, 0.15) is 25.0 Å². The zero-order valence-electron chi connectivity index (χ0n) is 24.0. The number of carbonyl (C=O) groups excluding carboxylic acids is 3. The number of ether oxygens (including phenoxy) is 2. The van der Waals surface area contributed by atoms with Gasteiger partial charge in [-0.1, -0.05) is 48.5 Å². The standard InChI is InChI=1S/C34H27FN4O5/c1-22-29(33(41)38(15-16-43-23(2)40)34(42)30(22)19-36)18-26-20-39(27-11-4-3-5-12-27)37-32(26)24-10-8-13-28(17-24)44-21-25-9-6-7-14-31(25)35/h3-14,17-18,20H,15-16,21H2,1-2H3/b29-18+. The summed E-state index contributed by atoms with van der Waals surface area (Å²) in [5.41, 5.74) is 3.05. The molecule has 0 fully saturated rings. The smallest absolute Gasteiger partial charge is 0.302 e. The number of carbonyl (C=O) groups is 3. The van der Waals surface area contributed by atoms with Gasteiger partial charge in [0.05, 0.1) is 12.2 Å². The minimum atomic E-state index is -0.751. The molecule has 0 saturated carbocycles. The normalized spacial score (nSPS) is 14.1. The summed E-state index contributed by atoms with van der Waals surface area (Å²) in [7, 11) is 0. The molecule has 1 aliphatic heterocycles. The van der Waals surface area contributed by atoms with Gasteiger partial charge in [-0.15, -0.1) is 0 Å². The Balaban J connectivity index is 1.57. The number of aromatic nitrogens is 2. The van der Waals surface area contributed by atoms with Gasteiger partial charge in [-0.25, -0.2) is 9.07 Å². The van der Waals surface area contributed by atoms with Gasteiger partial charge in [-0.05, 0) is 48.9 Å². The number of hydrogen-bond donors (Lipinski definition) is 0. The van der Waals surface area contributed by atoms with E-state index in [1.807, 2.05) is 42.5 Å². The number of imide groups is 1. The average Bonchev–Trinajstić information content (AvgIpc) is 3.45. The zero-order valence-corrected chi connectivity index (χ0v) is 24.0. The molecule has 10 heteroatoms. The number of hydrogen-bond acceptors (Lipinski definition) is 7. The van der Waals surface area contributed by atoms with Crippen LogP contribution in [0.5, 0.6) is 5.75 Å². The van der Waals surface area contributed by atoms with Gasteiger partial charge in [0.15, 0.2) is 0 Å². The quantitative estimate of drug-likeness (QED) is 0.145. The predicted octanol–water partition coefficient (Wildman–Crippen LogP) is 5.41. The van der Waals surface area contributed by atoms with Gasteiger partial charge in [0, 0.05) is 35.4 Å². The highest BCUT2D eigenvalue weighted by Gasteiger charge is 2.35. The first-order valence-corrected chi connectivity index (χ1v) is 13.7. The molecule has 5 rings (SSSR count). The monoisotopic (exact) mass is 590 g/mol. The summed E-state index contributed by atoms with van der Waals surface area (Å²) in [4.78, 5) is 38.7. The number of esters is 1. The average molecular weight is 591 g/mol. The van der Waals surface area contributed by atoms with E-state index >= 15 is 0 Å². The van der Waals surface area contributed by atoms with Gasteiger partial charge in [0.2, 0.25) is 0 Å². The van der Waals surface area contributed by atoms with Crippen LogP contribution in [0.15, 0.2) is 102 Å². The van der Waals surface area contributed by atoms with Crippen LogP contribution in [0.4, 0.5) is 4.39 Å². The lowest BCUT2D eigenvalue weighted by molar-refractivity contribution is -0.147. The second-order valence-electron chi connectivity index (χ2n) is 9.89. The van der Waals surface area contributed by atoms with Crippen LogP contribution in [0.2, 0.25) is 0 Å². The topological polar surface area (TPSA) is 115 Å². The number of benzene rings is 3. The van der Waals surface area contributed by atoms with Crippen molar-refractivity contribution in [1.29, 1.82) is 5.26 Å². The van der Waals surface area contributed by atoms with Crippen molar-refractivity contribution in [2.24, 2.45) is 0 Å². The van der Waals surface area contributed by atoms with Gasteiger partial charge >= 0.3 is 5.97 Å². The van der Waals surface area contributed by atoms with Crippen molar-refractivity contribution in [3.63, 3.8) is 0 Å². The highest BCUT2D eigenvalue weighted by molar-refractivity contribution is 6.19. The fourth-order valence-electron chi connectivity index (χ4n) is 4.71. The van der Waals surface area contributed by atoms with Gasteiger partial charge in [-0.3, -0.25) is 19.3 Å². The van der Waals surface area contributed by atoms with Crippen LogP contribution in [-0.4, -0.2) is 45.6 Å². The lowest BCUT2D eigenvalue weighted by atomic mass is 9.93. The summed E-state index contributed by atoms with van der Waals surface area (Å²) in [5, 5.41) is 14.6. The van der Waals surface area contributed by atoms with E-state index in [2.05, 4.69) is 0 Å². The maximum Gasteiger partial charge on any atom is 0.302 e. The summed E-state index contributed by atoms with van der Waals surface area (Å²) >= 11 is 0. The first-order valence-electron chi connectivity index (χ1n) is 13.7. The molecule has 0 saturated heterocycles. The zero-order chi connectivity index (χ0) is 31.2. The molecule has 4 aromatic rings. The lowest BCUT2D eigenvalue weighted by Gasteiger charge is -2.27. The minimum Gasteiger partial charge on any atom is -0.489 e. The Morgan fingerprint density at radius 2 is 1.77 bits per heavy atom. The summed E-state index contributed by atoms with van der Waals surface area (Å²) < 4.78 is 26.6. The van der Waals surface area contributed by atoms with E-state index in [9.17, 15) is 24.0 Å². The van der Waals surface area contributed by atoms with Gasteiger partial charge in [0.25, 0.3) is 11.8 Å². The molecule has 0 unspecified atom stereocenters. The summed E-state index contributed by atoms with van der Waals surface area (Å²) in [6, 6.07) is 24.8. The van der Waals surface area contributed by atoms with Crippen molar-refractivity contribution in [1.82, 2.24) is 14.7 Å². The molecular formula is C34H27FN4O5. The second kappa shape index (κ2) is 13.0. The van der Waals surface area contributed by atoms with Crippen LogP contribution in [-0.2, 0) is 25.7 Å². The molecule has 0 atom stereocenters. The summed E-state index contributed by atoms with van der Waals surface area (Å²) in [6.45, 7) is 2.39. The molecule has 2 amide bonds. The van der Waals surface area contributed by atoms with Gasteiger partial charge < -0.3 is 9.47 Å². The highest BCUT2D eigenvalue weighted by Crippen LogP contribution is 2.32.